The van der Waals surface area contributed by atoms with Crippen LogP contribution in [-0.4, -0.2) is 23.1 Å². The van der Waals surface area contributed by atoms with Crippen LogP contribution in [0.3, 0.4) is 0 Å². The number of piperidine rings is 1. The molecule has 0 radical (unpaired) electrons. The van der Waals surface area contributed by atoms with Crippen LogP contribution in [-0.2, 0) is 6.42 Å². The summed E-state index contributed by atoms with van der Waals surface area (Å²) in [5.41, 5.74) is 3.81. The van der Waals surface area contributed by atoms with Gasteiger partial charge in [0.25, 0.3) is 0 Å². The number of benzene rings is 1. The van der Waals surface area contributed by atoms with E-state index in [-0.39, 0.29) is 0 Å². The molecule has 1 aliphatic carbocycles. The molecular weight excluding hydrogens is 234 g/mol. The van der Waals surface area contributed by atoms with Crippen molar-refractivity contribution in [3.05, 3.63) is 29.6 Å². The number of hydrogen-bond donors (Lipinski definition) is 2. The molecule has 4 rings (SSSR count). The lowest BCUT2D eigenvalue weighted by Crippen LogP contribution is -2.30. The summed E-state index contributed by atoms with van der Waals surface area (Å²) in [6.07, 6.45) is 6.49. The van der Waals surface area contributed by atoms with Crippen LogP contribution in [0.25, 0.3) is 11.0 Å². The van der Waals surface area contributed by atoms with Crippen LogP contribution in [0.5, 0.6) is 0 Å². The van der Waals surface area contributed by atoms with E-state index in [1.807, 2.05) is 0 Å². The summed E-state index contributed by atoms with van der Waals surface area (Å²) in [7, 11) is 0. The third-order valence-corrected chi connectivity index (χ3v) is 4.45. The van der Waals surface area contributed by atoms with Gasteiger partial charge in [0.1, 0.15) is 5.82 Å². The number of fused-ring (bicyclic) bond motifs is 1. The molecule has 100 valence electrons. The first-order valence-corrected chi connectivity index (χ1v) is 7.58. The Hall–Kier alpha value is -1.35. The molecular formula is C16H21N3. The smallest absolute Gasteiger partial charge is 0.110 e. The van der Waals surface area contributed by atoms with Crippen LogP contribution in [0.4, 0.5) is 0 Å². The molecule has 2 heterocycles. The maximum Gasteiger partial charge on any atom is 0.110 e. The van der Waals surface area contributed by atoms with Crippen LogP contribution in [0.15, 0.2) is 18.2 Å². The molecule has 2 aliphatic rings. The van der Waals surface area contributed by atoms with E-state index < -0.39 is 0 Å². The Labute approximate surface area is 113 Å². The van der Waals surface area contributed by atoms with Gasteiger partial charge in [-0.1, -0.05) is 6.07 Å². The van der Waals surface area contributed by atoms with Gasteiger partial charge in [-0.05, 0) is 68.8 Å². The van der Waals surface area contributed by atoms with E-state index in [0.717, 1.165) is 11.4 Å². The van der Waals surface area contributed by atoms with Gasteiger partial charge in [-0.2, -0.15) is 0 Å². The second-order valence-electron chi connectivity index (χ2n) is 6.16. The third-order valence-electron chi connectivity index (χ3n) is 4.45. The van der Waals surface area contributed by atoms with Crippen molar-refractivity contribution in [2.24, 2.45) is 5.92 Å². The van der Waals surface area contributed by atoms with E-state index in [2.05, 4.69) is 28.5 Å². The molecule has 1 saturated carbocycles. The van der Waals surface area contributed by atoms with Crippen molar-refractivity contribution in [2.45, 2.75) is 38.0 Å². The fourth-order valence-electron chi connectivity index (χ4n) is 3.19. The lowest BCUT2D eigenvalue weighted by molar-refractivity contribution is 0.376. The van der Waals surface area contributed by atoms with Crippen molar-refractivity contribution < 1.29 is 0 Å². The Morgan fingerprint density at radius 1 is 1.21 bits per heavy atom. The Bertz CT molecular complexity index is 577. The summed E-state index contributed by atoms with van der Waals surface area (Å²) in [4.78, 5) is 8.20. The second kappa shape index (κ2) is 4.64. The summed E-state index contributed by atoms with van der Waals surface area (Å²) in [5.74, 6) is 2.71. The predicted octanol–water partition coefficient (Wildman–Crippen LogP) is 2.98. The molecule has 2 N–H and O–H groups in total. The highest BCUT2D eigenvalue weighted by atomic mass is 14.9. The summed E-state index contributed by atoms with van der Waals surface area (Å²) < 4.78 is 0. The molecule has 1 atom stereocenters. The molecule has 3 nitrogen and oxygen atoms in total. The molecule has 0 amide bonds. The van der Waals surface area contributed by atoms with Crippen molar-refractivity contribution in [1.29, 1.82) is 0 Å². The molecule has 2 fully saturated rings. The number of H-pyrrole nitrogens is 1. The molecule has 2 aromatic rings. The van der Waals surface area contributed by atoms with E-state index in [1.54, 1.807) is 0 Å². The van der Waals surface area contributed by atoms with E-state index >= 15 is 0 Å². The molecule has 3 heteroatoms. The van der Waals surface area contributed by atoms with Crippen LogP contribution in [0.1, 0.15) is 43.0 Å². The highest BCUT2D eigenvalue weighted by molar-refractivity contribution is 5.76. The van der Waals surface area contributed by atoms with Gasteiger partial charge < -0.3 is 10.3 Å². The standard InChI is InChI=1S/C16H21N3/c1-2-12(10-17-7-1)8-11-3-6-14-15(9-11)19-16(18-14)13-4-5-13/h3,6,9,12-13,17H,1-2,4-5,7-8,10H2,(H,18,19). The van der Waals surface area contributed by atoms with Crippen molar-refractivity contribution in [2.75, 3.05) is 13.1 Å². The summed E-state index contributed by atoms with van der Waals surface area (Å²) in [6.45, 7) is 2.37. The largest absolute Gasteiger partial charge is 0.342 e. The molecule has 1 aliphatic heterocycles. The summed E-state index contributed by atoms with van der Waals surface area (Å²) in [6, 6.07) is 6.75. The van der Waals surface area contributed by atoms with E-state index in [9.17, 15) is 0 Å². The zero-order valence-electron chi connectivity index (χ0n) is 11.3. The molecule has 1 unspecified atom stereocenters. The number of aromatic amines is 1. The van der Waals surface area contributed by atoms with Crippen molar-refractivity contribution in [3.63, 3.8) is 0 Å². The van der Waals surface area contributed by atoms with Gasteiger partial charge in [-0.15, -0.1) is 0 Å². The number of rotatable bonds is 3. The minimum absolute atomic E-state index is 0.707. The molecule has 1 saturated heterocycles. The number of aromatic nitrogens is 2. The first-order valence-electron chi connectivity index (χ1n) is 7.58. The van der Waals surface area contributed by atoms with Gasteiger partial charge >= 0.3 is 0 Å². The lowest BCUT2D eigenvalue weighted by Gasteiger charge is -2.22. The van der Waals surface area contributed by atoms with Crippen molar-refractivity contribution >= 4 is 11.0 Å². The average Bonchev–Trinajstić information content (AvgIpc) is 3.20. The summed E-state index contributed by atoms with van der Waals surface area (Å²) >= 11 is 0. The van der Waals surface area contributed by atoms with Crippen LogP contribution < -0.4 is 5.32 Å². The Kier molecular flexibility index (Phi) is 2.80. The highest BCUT2D eigenvalue weighted by Crippen LogP contribution is 2.39. The second-order valence-corrected chi connectivity index (χ2v) is 6.16. The third kappa shape index (κ3) is 2.39. The van der Waals surface area contributed by atoms with Crippen molar-refractivity contribution in [1.82, 2.24) is 15.3 Å². The van der Waals surface area contributed by atoms with Crippen LogP contribution in [0, 0.1) is 5.92 Å². The van der Waals surface area contributed by atoms with Crippen molar-refractivity contribution in [3.8, 4) is 0 Å². The first kappa shape index (κ1) is 11.5. The zero-order chi connectivity index (χ0) is 12.7. The predicted molar refractivity (Wildman–Crippen MR) is 77.4 cm³/mol. The maximum absolute atomic E-state index is 4.69. The minimum Gasteiger partial charge on any atom is -0.342 e. The SMILES string of the molecule is c1cc2nc(C3CC3)[nH]c2cc1CC1CCCNC1. The molecule has 0 spiro atoms. The quantitative estimate of drug-likeness (QED) is 0.885. The molecule has 0 bridgehead atoms. The van der Waals surface area contributed by atoms with Crippen LogP contribution in [0.2, 0.25) is 0 Å². The van der Waals surface area contributed by atoms with E-state index in [1.165, 1.54) is 62.1 Å². The van der Waals surface area contributed by atoms with E-state index in [4.69, 9.17) is 4.98 Å². The van der Waals surface area contributed by atoms with Gasteiger partial charge in [-0.25, -0.2) is 4.98 Å². The molecule has 19 heavy (non-hydrogen) atoms. The first-order chi connectivity index (χ1) is 9.38. The highest BCUT2D eigenvalue weighted by Gasteiger charge is 2.26. The Balaban J connectivity index is 1.56. The number of hydrogen-bond acceptors (Lipinski definition) is 2. The normalized spacial score (nSPS) is 23.9. The average molecular weight is 255 g/mol. The Morgan fingerprint density at radius 3 is 2.95 bits per heavy atom. The molecule has 1 aromatic carbocycles. The van der Waals surface area contributed by atoms with Gasteiger partial charge in [0, 0.05) is 5.92 Å². The number of nitrogens with zero attached hydrogens (tertiary/aromatic N) is 1. The minimum atomic E-state index is 0.707. The van der Waals surface area contributed by atoms with Gasteiger partial charge in [0.2, 0.25) is 0 Å². The maximum atomic E-state index is 4.69. The topological polar surface area (TPSA) is 40.7 Å². The lowest BCUT2D eigenvalue weighted by atomic mass is 9.92. The molecule has 1 aromatic heterocycles. The summed E-state index contributed by atoms with van der Waals surface area (Å²) in [5, 5.41) is 3.50. The Morgan fingerprint density at radius 2 is 2.16 bits per heavy atom. The fourth-order valence-corrected chi connectivity index (χ4v) is 3.19. The zero-order valence-corrected chi connectivity index (χ0v) is 11.3. The monoisotopic (exact) mass is 255 g/mol. The number of imidazole rings is 1. The number of nitrogens with one attached hydrogen (secondary N) is 2. The van der Waals surface area contributed by atoms with Gasteiger partial charge in [-0.3, -0.25) is 0 Å². The van der Waals surface area contributed by atoms with Crippen LogP contribution >= 0.6 is 0 Å². The van der Waals surface area contributed by atoms with Gasteiger partial charge in [0.15, 0.2) is 0 Å². The van der Waals surface area contributed by atoms with E-state index in [0.29, 0.717) is 5.92 Å². The van der Waals surface area contributed by atoms with Gasteiger partial charge in [0.05, 0.1) is 11.0 Å². The fraction of sp³-hybridized carbons (Fsp3) is 0.562.